The van der Waals surface area contributed by atoms with Crippen molar-refractivity contribution in [2.75, 3.05) is 6.54 Å². The Balaban J connectivity index is 1.99. The number of hydrogen-bond acceptors (Lipinski definition) is 4. The van der Waals surface area contributed by atoms with Gasteiger partial charge in [-0.15, -0.1) is 11.3 Å². The summed E-state index contributed by atoms with van der Waals surface area (Å²) >= 11 is 1.62. The lowest BCUT2D eigenvalue weighted by molar-refractivity contribution is 0.581. The third-order valence-electron chi connectivity index (χ3n) is 2.98. The van der Waals surface area contributed by atoms with E-state index in [1.807, 2.05) is 20.8 Å². The maximum Gasteiger partial charge on any atom is 0.240 e. The van der Waals surface area contributed by atoms with Crippen molar-refractivity contribution < 1.29 is 8.42 Å². The standard InChI is InChI=1S/C14H18N2O2S2/c1-10-4-6-13(7-5-10)20(17,18)15-9-8-14-11(2)16-12(3)19-14/h4-7,15H,8-9H2,1-3H3. The highest BCUT2D eigenvalue weighted by Crippen LogP contribution is 2.17. The Morgan fingerprint density at radius 2 is 1.80 bits per heavy atom. The van der Waals surface area contributed by atoms with Crippen molar-refractivity contribution in [2.45, 2.75) is 32.1 Å². The Kier molecular flexibility index (Phi) is 4.57. The molecule has 0 atom stereocenters. The minimum Gasteiger partial charge on any atom is -0.247 e. The summed E-state index contributed by atoms with van der Waals surface area (Å²) in [6.45, 7) is 6.22. The van der Waals surface area contributed by atoms with Crippen molar-refractivity contribution in [1.82, 2.24) is 9.71 Å². The molecule has 0 fully saturated rings. The molecule has 108 valence electrons. The molecule has 6 heteroatoms. The molecule has 0 saturated heterocycles. The Morgan fingerprint density at radius 1 is 1.15 bits per heavy atom. The van der Waals surface area contributed by atoms with Crippen LogP contribution in [0.25, 0.3) is 0 Å². The van der Waals surface area contributed by atoms with Crippen molar-refractivity contribution >= 4 is 21.4 Å². The molecule has 0 aliphatic rings. The van der Waals surface area contributed by atoms with Crippen molar-refractivity contribution in [3.8, 4) is 0 Å². The second-order valence-corrected chi connectivity index (χ2v) is 7.76. The van der Waals surface area contributed by atoms with E-state index < -0.39 is 10.0 Å². The fourth-order valence-corrected chi connectivity index (χ4v) is 3.87. The van der Waals surface area contributed by atoms with E-state index in [1.165, 1.54) is 0 Å². The summed E-state index contributed by atoms with van der Waals surface area (Å²) in [5, 5.41) is 1.01. The highest BCUT2D eigenvalue weighted by atomic mass is 32.2. The smallest absolute Gasteiger partial charge is 0.240 e. The molecule has 4 nitrogen and oxygen atoms in total. The lowest BCUT2D eigenvalue weighted by Gasteiger charge is -2.06. The maximum atomic E-state index is 12.1. The molecule has 0 aliphatic carbocycles. The predicted octanol–water partition coefficient (Wildman–Crippen LogP) is 2.59. The third-order valence-corrected chi connectivity index (χ3v) is 5.58. The minimum absolute atomic E-state index is 0.306. The number of nitrogens with one attached hydrogen (secondary N) is 1. The maximum absolute atomic E-state index is 12.1. The number of hydrogen-bond donors (Lipinski definition) is 1. The van der Waals surface area contributed by atoms with Gasteiger partial charge in [0.15, 0.2) is 0 Å². The van der Waals surface area contributed by atoms with E-state index in [-0.39, 0.29) is 0 Å². The quantitative estimate of drug-likeness (QED) is 0.923. The molecule has 1 aromatic carbocycles. The Labute approximate surface area is 123 Å². The molecule has 0 unspecified atom stereocenters. The summed E-state index contributed by atoms with van der Waals surface area (Å²) in [6, 6.07) is 6.84. The van der Waals surface area contributed by atoms with Crippen LogP contribution < -0.4 is 4.72 Å². The van der Waals surface area contributed by atoms with Crippen LogP contribution >= 0.6 is 11.3 Å². The number of sulfonamides is 1. The van der Waals surface area contributed by atoms with Gasteiger partial charge in [-0.2, -0.15) is 0 Å². The molecule has 0 bridgehead atoms. The molecule has 1 heterocycles. The second kappa shape index (κ2) is 6.03. The molecule has 0 aliphatic heterocycles. The van der Waals surface area contributed by atoms with Gasteiger partial charge in [-0.05, 0) is 39.3 Å². The second-order valence-electron chi connectivity index (χ2n) is 4.70. The topological polar surface area (TPSA) is 59.1 Å². The summed E-state index contributed by atoms with van der Waals surface area (Å²) in [4.78, 5) is 5.77. The SMILES string of the molecule is Cc1ccc(S(=O)(=O)NCCc2sc(C)nc2C)cc1. The van der Waals surface area contributed by atoms with Gasteiger partial charge >= 0.3 is 0 Å². The van der Waals surface area contributed by atoms with Gasteiger partial charge in [-0.3, -0.25) is 0 Å². The van der Waals surface area contributed by atoms with Crippen molar-refractivity contribution in [3.63, 3.8) is 0 Å². The Morgan fingerprint density at radius 3 is 2.35 bits per heavy atom. The number of nitrogens with zero attached hydrogens (tertiary/aromatic N) is 1. The molecule has 0 spiro atoms. The van der Waals surface area contributed by atoms with Gasteiger partial charge < -0.3 is 0 Å². The number of rotatable bonds is 5. The molecule has 20 heavy (non-hydrogen) atoms. The van der Waals surface area contributed by atoms with Crippen molar-refractivity contribution in [2.24, 2.45) is 0 Å². The van der Waals surface area contributed by atoms with Crippen LogP contribution in [0.5, 0.6) is 0 Å². The first-order valence-electron chi connectivity index (χ1n) is 6.38. The number of aromatic nitrogens is 1. The zero-order chi connectivity index (χ0) is 14.8. The van der Waals surface area contributed by atoms with E-state index in [0.29, 0.717) is 17.9 Å². The zero-order valence-corrected chi connectivity index (χ0v) is 13.4. The Hall–Kier alpha value is -1.24. The van der Waals surface area contributed by atoms with Crippen LogP contribution in [0.1, 0.15) is 21.1 Å². The molecule has 0 radical (unpaired) electrons. The highest BCUT2D eigenvalue weighted by molar-refractivity contribution is 7.89. The first kappa shape index (κ1) is 15.2. The first-order chi connectivity index (χ1) is 9.38. The van der Waals surface area contributed by atoms with Gasteiger partial charge in [-0.1, -0.05) is 17.7 Å². The van der Waals surface area contributed by atoms with Crippen molar-refractivity contribution in [1.29, 1.82) is 0 Å². The van der Waals surface area contributed by atoms with Crippen LogP contribution in [0, 0.1) is 20.8 Å². The largest absolute Gasteiger partial charge is 0.247 e. The molecular weight excluding hydrogens is 292 g/mol. The van der Waals surface area contributed by atoms with E-state index in [0.717, 1.165) is 21.1 Å². The third kappa shape index (κ3) is 3.65. The number of thiazole rings is 1. The monoisotopic (exact) mass is 310 g/mol. The zero-order valence-electron chi connectivity index (χ0n) is 11.8. The summed E-state index contributed by atoms with van der Waals surface area (Å²) < 4.78 is 26.8. The summed E-state index contributed by atoms with van der Waals surface area (Å²) in [6.07, 6.45) is 0.669. The lowest BCUT2D eigenvalue weighted by atomic mass is 10.2. The molecule has 2 aromatic rings. The fourth-order valence-electron chi connectivity index (χ4n) is 1.91. The van der Waals surface area contributed by atoms with E-state index in [2.05, 4.69) is 9.71 Å². The summed E-state index contributed by atoms with van der Waals surface area (Å²) in [5.74, 6) is 0. The van der Waals surface area contributed by atoms with Gasteiger partial charge in [0, 0.05) is 11.4 Å². The number of aryl methyl sites for hydroxylation is 3. The Bertz CT molecular complexity index is 688. The lowest BCUT2D eigenvalue weighted by Crippen LogP contribution is -2.25. The molecule has 0 amide bonds. The molecule has 1 aromatic heterocycles. The molecule has 0 saturated carbocycles. The van der Waals surface area contributed by atoms with E-state index in [1.54, 1.807) is 35.6 Å². The van der Waals surface area contributed by atoms with Crippen molar-refractivity contribution in [3.05, 3.63) is 45.4 Å². The average Bonchev–Trinajstić information content (AvgIpc) is 2.68. The van der Waals surface area contributed by atoms with Gasteiger partial charge in [0.2, 0.25) is 10.0 Å². The van der Waals surface area contributed by atoms with Gasteiger partial charge in [0.1, 0.15) is 0 Å². The van der Waals surface area contributed by atoms with Gasteiger partial charge in [0.05, 0.1) is 15.6 Å². The normalized spacial score (nSPS) is 11.8. The van der Waals surface area contributed by atoms with E-state index in [4.69, 9.17) is 0 Å². The molecular formula is C14H18N2O2S2. The van der Waals surface area contributed by atoms with Crippen LogP contribution in [0.3, 0.4) is 0 Å². The molecule has 1 N–H and O–H groups in total. The highest BCUT2D eigenvalue weighted by Gasteiger charge is 2.13. The number of benzene rings is 1. The molecule has 2 rings (SSSR count). The average molecular weight is 310 g/mol. The predicted molar refractivity (Wildman–Crippen MR) is 81.7 cm³/mol. The van der Waals surface area contributed by atoms with Crippen LogP contribution in [-0.4, -0.2) is 19.9 Å². The van der Waals surface area contributed by atoms with Gasteiger partial charge in [0.25, 0.3) is 0 Å². The van der Waals surface area contributed by atoms with Crippen LogP contribution in [-0.2, 0) is 16.4 Å². The van der Waals surface area contributed by atoms with Crippen LogP contribution in [0.4, 0.5) is 0 Å². The van der Waals surface area contributed by atoms with Gasteiger partial charge in [-0.25, -0.2) is 18.1 Å². The minimum atomic E-state index is -3.42. The fraction of sp³-hybridized carbons (Fsp3) is 0.357. The first-order valence-corrected chi connectivity index (χ1v) is 8.68. The van der Waals surface area contributed by atoms with Crippen LogP contribution in [0.15, 0.2) is 29.2 Å². The summed E-state index contributed by atoms with van der Waals surface area (Å²) in [5.41, 5.74) is 2.03. The summed E-state index contributed by atoms with van der Waals surface area (Å²) in [7, 11) is -3.42. The van der Waals surface area contributed by atoms with E-state index >= 15 is 0 Å². The van der Waals surface area contributed by atoms with E-state index in [9.17, 15) is 8.42 Å². The van der Waals surface area contributed by atoms with Crippen LogP contribution in [0.2, 0.25) is 0 Å².